The molecule has 0 spiro atoms. The number of hydrogen-bond acceptors (Lipinski definition) is 2. The summed E-state index contributed by atoms with van der Waals surface area (Å²) < 4.78 is 2.46. The lowest BCUT2D eigenvalue weighted by Gasteiger charge is -2.23. The fraction of sp³-hybridized carbons (Fsp3) is 0.0698. The fourth-order valence-electron chi connectivity index (χ4n) is 7.43. The molecule has 2 heterocycles. The van der Waals surface area contributed by atoms with Crippen molar-refractivity contribution in [2.24, 2.45) is 0 Å². The second-order valence-corrected chi connectivity index (χ2v) is 12.6. The molecule has 0 bridgehead atoms. The van der Waals surface area contributed by atoms with Crippen molar-refractivity contribution in [2.75, 3.05) is 0 Å². The molecule has 0 N–H and O–H groups in total. The maximum atomic E-state index is 5.06. The van der Waals surface area contributed by atoms with Gasteiger partial charge < -0.3 is 4.57 Å². The van der Waals surface area contributed by atoms with E-state index in [1.807, 2.05) is 12.1 Å². The van der Waals surface area contributed by atoms with Crippen LogP contribution in [-0.2, 0) is 5.41 Å². The maximum absolute atomic E-state index is 5.06. The van der Waals surface area contributed by atoms with Crippen molar-refractivity contribution in [1.29, 1.82) is 0 Å². The summed E-state index contributed by atoms with van der Waals surface area (Å²) in [5.41, 5.74) is 13.9. The predicted octanol–water partition coefficient (Wildman–Crippen LogP) is 10.9. The average Bonchev–Trinajstić information content (AvgIpc) is 3.57. The van der Waals surface area contributed by atoms with E-state index in [2.05, 4.69) is 158 Å². The van der Waals surface area contributed by atoms with Gasteiger partial charge in [0.2, 0.25) is 0 Å². The molecule has 0 radical (unpaired) electrons. The highest BCUT2D eigenvalue weighted by Crippen LogP contribution is 2.52. The van der Waals surface area contributed by atoms with Crippen molar-refractivity contribution in [1.82, 2.24) is 14.5 Å². The summed E-state index contributed by atoms with van der Waals surface area (Å²) in [4.78, 5) is 10.1. The Morgan fingerprint density at radius 2 is 1.11 bits per heavy atom. The molecule has 2 aromatic heterocycles. The van der Waals surface area contributed by atoms with Crippen LogP contribution < -0.4 is 0 Å². The first kappa shape index (κ1) is 26.6. The van der Waals surface area contributed by atoms with E-state index in [1.165, 1.54) is 44.1 Å². The number of benzene rings is 6. The first-order valence-electron chi connectivity index (χ1n) is 15.9. The molecule has 1 aliphatic carbocycles. The molecule has 8 aromatic rings. The third-order valence-electron chi connectivity index (χ3n) is 9.60. The highest BCUT2D eigenvalue weighted by atomic mass is 15.0. The first-order valence-corrected chi connectivity index (χ1v) is 15.9. The van der Waals surface area contributed by atoms with Gasteiger partial charge in [-0.3, -0.25) is 0 Å². The van der Waals surface area contributed by atoms with E-state index < -0.39 is 0 Å². The average molecular weight is 590 g/mol. The van der Waals surface area contributed by atoms with Crippen LogP contribution in [0.4, 0.5) is 0 Å². The molecule has 0 saturated heterocycles. The van der Waals surface area contributed by atoms with Gasteiger partial charge in [-0.1, -0.05) is 129 Å². The quantitative estimate of drug-likeness (QED) is 0.204. The minimum absolute atomic E-state index is 0.128. The van der Waals surface area contributed by atoms with Crippen molar-refractivity contribution in [3.05, 3.63) is 163 Å². The van der Waals surface area contributed by atoms with Crippen molar-refractivity contribution in [3.8, 4) is 50.7 Å². The summed E-state index contributed by atoms with van der Waals surface area (Å²) >= 11 is 0. The molecule has 3 nitrogen and oxygen atoms in total. The third-order valence-corrected chi connectivity index (χ3v) is 9.60. The normalized spacial score (nSPS) is 13.2. The van der Waals surface area contributed by atoms with E-state index >= 15 is 0 Å². The number of aromatic nitrogens is 3. The van der Waals surface area contributed by atoms with Crippen LogP contribution >= 0.6 is 0 Å². The van der Waals surface area contributed by atoms with Gasteiger partial charge in [-0.25, -0.2) is 9.97 Å². The number of fused-ring (bicyclic) bond motifs is 7. The highest BCUT2D eigenvalue weighted by Gasteiger charge is 2.38. The summed E-state index contributed by atoms with van der Waals surface area (Å²) in [5, 5.41) is 2.55. The summed E-state index contributed by atoms with van der Waals surface area (Å²) in [5.74, 6) is 0.714. The number of para-hydroxylation sites is 1. The van der Waals surface area contributed by atoms with Crippen LogP contribution in [0.25, 0.3) is 72.5 Å². The SMILES string of the molecule is CC1(C)c2ccccc2-c2ccc3c4ccccc4n(-c4ccc(-c5nc(-c6ccccc6)cc(-c6ccccc6)n5)cc4)c3c21. The Kier molecular flexibility index (Phi) is 5.85. The van der Waals surface area contributed by atoms with Crippen LogP contribution in [0.2, 0.25) is 0 Å². The zero-order chi connectivity index (χ0) is 30.8. The van der Waals surface area contributed by atoms with Crippen molar-refractivity contribution in [3.63, 3.8) is 0 Å². The smallest absolute Gasteiger partial charge is 0.160 e. The largest absolute Gasteiger partial charge is 0.309 e. The van der Waals surface area contributed by atoms with Crippen LogP contribution in [0.1, 0.15) is 25.0 Å². The number of nitrogens with zero attached hydrogens (tertiary/aromatic N) is 3. The van der Waals surface area contributed by atoms with Gasteiger partial charge in [0.25, 0.3) is 0 Å². The van der Waals surface area contributed by atoms with E-state index in [0.29, 0.717) is 5.82 Å². The van der Waals surface area contributed by atoms with Crippen LogP contribution in [0.15, 0.2) is 152 Å². The maximum Gasteiger partial charge on any atom is 0.160 e. The molecular weight excluding hydrogens is 558 g/mol. The Bertz CT molecular complexity index is 2360. The highest BCUT2D eigenvalue weighted by molar-refractivity contribution is 6.13. The van der Waals surface area contributed by atoms with Crippen molar-refractivity contribution >= 4 is 21.8 Å². The van der Waals surface area contributed by atoms with Gasteiger partial charge in [0.05, 0.1) is 22.4 Å². The summed E-state index contributed by atoms with van der Waals surface area (Å²) in [6.45, 7) is 4.73. The summed E-state index contributed by atoms with van der Waals surface area (Å²) in [6.07, 6.45) is 0. The van der Waals surface area contributed by atoms with Gasteiger partial charge in [0.15, 0.2) is 5.82 Å². The summed E-state index contributed by atoms with van der Waals surface area (Å²) in [7, 11) is 0. The van der Waals surface area contributed by atoms with E-state index in [-0.39, 0.29) is 5.41 Å². The van der Waals surface area contributed by atoms with E-state index in [1.54, 1.807) is 0 Å². The lowest BCUT2D eigenvalue weighted by molar-refractivity contribution is 0.664. The molecule has 0 aliphatic heterocycles. The van der Waals surface area contributed by atoms with Gasteiger partial charge in [-0.15, -0.1) is 0 Å². The molecule has 0 saturated carbocycles. The Morgan fingerprint density at radius 3 is 1.80 bits per heavy atom. The fourth-order valence-corrected chi connectivity index (χ4v) is 7.43. The van der Waals surface area contributed by atoms with E-state index in [0.717, 1.165) is 33.8 Å². The molecular formula is C43H31N3. The second-order valence-electron chi connectivity index (χ2n) is 12.6. The minimum atomic E-state index is -0.128. The molecule has 0 atom stereocenters. The van der Waals surface area contributed by atoms with Crippen LogP contribution in [0.5, 0.6) is 0 Å². The van der Waals surface area contributed by atoms with E-state index in [9.17, 15) is 0 Å². The molecule has 0 fully saturated rings. The van der Waals surface area contributed by atoms with Gasteiger partial charge in [-0.05, 0) is 58.7 Å². The van der Waals surface area contributed by atoms with Crippen molar-refractivity contribution < 1.29 is 0 Å². The van der Waals surface area contributed by atoms with Gasteiger partial charge in [0, 0.05) is 38.6 Å². The molecule has 6 aromatic carbocycles. The molecule has 9 rings (SSSR count). The molecule has 218 valence electrons. The standard InChI is InChI=1S/C43H31N3/c1-43(2)36-19-11-9-17-32(36)34-25-26-35-33-18-10-12-20-39(33)46(41(35)40(34)43)31-23-21-30(22-24-31)42-44-37(28-13-5-3-6-14-28)27-38(45-42)29-15-7-4-8-16-29/h3-27H,1-2H3. The summed E-state index contributed by atoms with van der Waals surface area (Å²) in [6, 6.07) is 53.8. The molecule has 1 aliphatic rings. The Balaban J connectivity index is 1.23. The Labute approximate surface area is 268 Å². The molecule has 0 unspecified atom stereocenters. The zero-order valence-corrected chi connectivity index (χ0v) is 25.8. The number of rotatable bonds is 4. The predicted molar refractivity (Wildman–Crippen MR) is 190 cm³/mol. The monoisotopic (exact) mass is 589 g/mol. The van der Waals surface area contributed by atoms with Gasteiger partial charge >= 0.3 is 0 Å². The topological polar surface area (TPSA) is 30.7 Å². The zero-order valence-electron chi connectivity index (χ0n) is 25.8. The van der Waals surface area contributed by atoms with E-state index in [4.69, 9.17) is 9.97 Å². The minimum Gasteiger partial charge on any atom is -0.309 e. The second kappa shape index (κ2) is 10.1. The Morgan fingerprint density at radius 1 is 0.500 bits per heavy atom. The van der Waals surface area contributed by atoms with Crippen LogP contribution in [0.3, 0.4) is 0 Å². The van der Waals surface area contributed by atoms with Gasteiger partial charge in [0.1, 0.15) is 0 Å². The Hall–Kier alpha value is -5.80. The van der Waals surface area contributed by atoms with Crippen LogP contribution in [0, 0.1) is 0 Å². The third kappa shape index (κ3) is 3.98. The van der Waals surface area contributed by atoms with Gasteiger partial charge in [-0.2, -0.15) is 0 Å². The lowest BCUT2D eigenvalue weighted by atomic mass is 9.81. The molecule has 46 heavy (non-hydrogen) atoms. The molecule has 3 heteroatoms. The molecule has 0 amide bonds. The van der Waals surface area contributed by atoms with Crippen molar-refractivity contribution in [2.45, 2.75) is 19.3 Å². The number of hydrogen-bond donors (Lipinski definition) is 0. The van der Waals surface area contributed by atoms with Crippen LogP contribution in [-0.4, -0.2) is 14.5 Å². The first-order chi connectivity index (χ1) is 22.6. The lowest BCUT2D eigenvalue weighted by Crippen LogP contribution is -2.16.